The first kappa shape index (κ1) is 20.1. The number of halogens is 4. The van der Waals surface area contributed by atoms with E-state index in [1.807, 2.05) is 4.90 Å². The number of nitrogens with zero attached hydrogens (tertiary/aromatic N) is 6. The maximum Gasteiger partial charge on any atom is 0.434 e. The molecule has 0 saturated carbocycles. The van der Waals surface area contributed by atoms with Gasteiger partial charge in [-0.15, -0.1) is 0 Å². The van der Waals surface area contributed by atoms with E-state index >= 15 is 0 Å². The largest absolute Gasteiger partial charge is 0.434 e. The molecule has 0 N–H and O–H groups in total. The molecule has 1 aliphatic rings. The molecule has 0 unspecified atom stereocenters. The van der Waals surface area contributed by atoms with Crippen LogP contribution >= 0.6 is 11.6 Å². The molecule has 0 spiro atoms. The average Bonchev–Trinajstić information content (AvgIpc) is 3.20. The van der Waals surface area contributed by atoms with Gasteiger partial charge >= 0.3 is 6.18 Å². The first-order valence-electron chi connectivity index (χ1n) is 9.07. The maximum absolute atomic E-state index is 13.9. The lowest BCUT2D eigenvalue weighted by atomic mass is 10.2. The second-order valence-electron chi connectivity index (χ2n) is 6.62. The van der Waals surface area contributed by atoms with E-state index in [-0.39, 0.29) is 23.8 Å². The molecule has 2 aromatic heterocycles. The van der Waals surface area contributed by atoms with Crippen LogP contribution in [0.4, 0.5) is 19.1 Å². The summed E-state index contributed by atoms with van der Waals surface area (Å²) in [6.45, 7) is 1.33. The number of aromatic nitrogens is 4. The molecule has 1 aliphatic heterocycles. The third-order valence-electron chi connectivity index (χ3n) is 4.72. The number of anilines is 1. The molecule has 0 aliphatic carbocycles. The van der Waals surface area contributed by atoms with Crippen molar-refractivity contribution in [2.24, 2.45) is 0 Å². The minimum Gasteiger partial charge on any atom is -0.337 e. The van der Waals surface area contributed by atoms with Crippen molar-refractivity contribution >= 4 is 23.5 Å². The van der Waals surface area contributed by atoms with E-state index in [0.29, 0.717) is 23.7 Å². The molecule has 156 valence electrons. The fourth-order valence-electron chi connectivity index (χ4n) is 3.32. The quantitative estimate of drug-likeness (QED) is 0.630. The van der Waals surface area contributed by atoms with Gasteiger partial charge in [-0.05, 0) is 24.3 Å². The summed E-state index contributed by atoms with van der Waals surface area (Å²) in [7, 11) is 0. The smallest absolute Gasteiger partial charge is 0.337 e. The lowest BCUT2D eigenvalue weighted by Gasteiger charge is -2.34. The third kappa shape index (κ3) is 3.95. The van der Waals surface area contributed by atoms with Gasteiger partial charge in [-0.3, -0.25) is 4.79 Å². The van der Waals surface area contributed by atoms with Gasteiger partial charge in [0.05, 0.1) is 17.4 Å². The van der Waals surface area contributed by atoms with Crippen molar-refractivity contribution in [3.8, 4) is 5.69 Å². The zero-order valence-corrected chi connectivity index (χ0v) is 16.3. The highest BCUT2D eigenvalue weighted by Crippen LogP contribution is 2.34. The Morgan fingerprint density at radius 1 is 1.03 bits per heavy atom. The zero-order chi connectivity index (χ0) is 21.3. The number of hydrogen-bond donors (Lipinski definition) is 0. The van der Waals surface area contributed by atoms with E-state index in [0.717, 1.165) is 6.20 Å². The number of rotatable bonds is 3. The first-order chi connectivity index (χ1) is 14.3. The number of alkyl halides is 3. The standard InChI is InChI=1S/C19H16ClF3N6O/c20-13-3-1-4-14(11-13)29-16(19(21,22)23)15(12-26-29)17(30)27-7-9-28(10-8-27)18-24-5-2-6-25-18/h1-6,11-12H,7-10H2. The summed E-state index contributed by atoms with van der Waals surface area (Å²) >= 11 is 5.90. The number of benzene rings is 1. The number of carbonyl (C=O) groups is 1. The Morgan fingerprint density at radius 3 is 2.37 bits per heavy atom. The second-order valence-corrected chi connectivity index (χ2v) is 7.06. The van der Waals surface area contributed by atoms with E-state index in [1.54, 1.807) is 24.5 Å². The van der Waals surface area contributed by atoms with Crippen molar-refractivity contribution in [3.05, 3.63) is 65.2 Å². The van der Waals surface area contributed by atoms with Crippen molar-refractivity contribution in [3.63, 3.8) is 0 Å². The van der Waals surface area contributed by atoms with E-state index in [2.05, 4.69) is 15.1 Å². The molecular weight excluding hydrogens is 421 g/mol. The van der Waals surface area contributed by atoms with Crippen LogP contribution in [0.2, 0.25) is 5.02 Å². The Balaban J connectivity index is 1.59. The van der Waals surface area contributed by atoms with Crippen LogP contribution in [0.5, 0.6) is 0 Å². The van der Waals surface area contributed by atoms with Crippen LogP contribution in [-0.2, 0) is 6.18 Å². The topological polar surface area (TPSA) is 67.2 Å². The molecule has 4 rings (SSSR count). The Bertz CT molecular complexity index is 1050. The first-order valence-corrected chi connectivity index (χ1v) is 9.45. The summed E-state index contributed by atoms with van der Waals surface area (Å²) in [5.74, 6) is -0.196. The predicted molar refractivity (Wildman–Crippen MR) is 104 cm³/mol. The Morgan fingerprint density at radius 2 is 1.73 bits per heavy atom. The highest BCUT2D eigenvalue weighted by Gasteiger charge is 2.41. The summed E-state index contributed by atoms with van der Waals surface area (Å²) in [6, 6.07) is 7.56. The Labute approximate surface area is 174 Å². The monoisotopic (exact) mass is 436 g/mol. The minimum atomic E-state index is -4.77. The predicted octanol–water partition coefficient (Wildman–Crippen LogP) is 3.30. The zero-order valence-electron chi connectivity index (χ0n) is 15.6. The molecule has 3 aromatic rings. The van der Waals surface area contributed by atoms with Crippen LogP contribution in [0.1, 0.15) is 16.1 Å². The van der Waals surface area contributed by atoms with Crippen molar-refractivity contribution in [2.75, 3.05) is 31.1 Å². The molecule has 0 atom stereocenters. The van der Waals surface area contributed by atoms with E-state index in [1.165, 1.54) is 23.1 Å². The highest BCUT2D eigenvalue weighted by molar-refractivity contribution is 6.30. The van der Waals surface area contributed by atoms with E-state index in [9.17, 15) is 18.0 Å². The summed E-state index contributed by atoms with van der Waals surface area (Å²) in [5.41, 5.74) is -1.49. The van der Waals surface area contributed by atoms with Gasteiger partial charge in [0, 0.05) is 43.6 Å². The van der Waals surface area contributed by atoms with Crippen LogP contribution in [0, 0.1) is 0 Å². The number of piperazine rings is 1. The minimum absolute atomic E-state index is 0.125. The van der Waals surface area contributed by atoms with Gasteiger partial charge in [-0.1, -0.05) is 17.7 Å². The summed E-state index contributed by atoms with van der Waals surface area (Å²) in [4.78, 5) is 24.5. The number of carbonyl (C=O) groups excluding carboxylic acids is 1. The molecule has 7 nitrogen and oxygen atoms in total. The molecule has 0 bridgehead atoms. The van der Waals surface area contributed by atoms with Gasteiger partial charge in [-0.2, -0.15) is 18.3 Å². The molecular formula is C19H16ClF3N6O. The van der Waals surface area contributed by atoms with E-state index < -0.39 is 23.3 Å². The van der Waals surface area contributed by atoms with Gasteiger partial charge in [0.2, 0.25) is 5.95 Å². The maximum atomic E-state index is 13.9. The molecule has 30 heavy (non-hydrogen) atoms. The molecule has 0 radical (unpaired) electrons. The van der Waals surface area contributed by atoms with Gasteiger partial charge in [0.15, 0.2) is 5.69 Å². The van der Waals surface area contributed by atoms with Gasteiger partial charge in [0.25, 0.3) is 5.91 Å². The number of hydrogen-bond acceptors (Lipinski definition) is 5. The SMILES string of the molecule is O=C(c1cnn(-c2cccc(Cl)c2)c1C(F)(F)F)N1CCN(c2ncccn2)CC1. The van der Waals surface area contributed by atoms with Crippen molar-refractivity contribution in [2.45, 2.75) is 6.18 Å². The van der Waals surface area contributed by atoms with Gasteiger partial charge in [0.1, 0.15) is 0 Å². The summed E-state index contributed by atoms with van der Waals surface area (Å²) in [6.07, 6.45) is -0.596. The fourth-order valence-corrected chi connectivity index (χ4v) is 3.50. The van der Waals surface area contributed by atoms with Gasteiger partial charge in [-0.25, -0.2) is 14.6 Å². The molecule has 1 amide bonds. The second kappa shape index (κ2) is 7.94. The Hall–Kier alpha value is -3.14. The van der Waals surface area contributed by atoms with Gasteiger partial charge < -0.3 is 9.80 Å². The third-order valence-corrected chi connectivity index (χ3v) is 4.96. The lowest BCUT2D eigenvalue weighted by Crippen LogP contribution is -2.49. The molecule has 3 heterocycles. The summed E-state index contributed by atoms with van der Waals surface area (Å²) in [5, 5.41) is 4.10. The molecule has 11 heteroatoms. The van der Waals surface area contributed by atoms with E-state index in [4.69, 9.17) is 11.6 Å². The van der Waals surface area contributed by atoms with Crippen LogP contribution in [-0.4, -0.2) is 56.7 Å². The van der Waals surface area contributed by atoms with Crippen LogP contribution < -0.4 is 4.90 Å². The van der Waals surface area contributed by atoms with Crippen LogP contribution in [0.25, 0.3) is 5.69 Å². The molecule has 1 saturated heterocycles. The lowest BCUT2D eigenvalue weighted by molar-refractivity contribution is -0.143. The average molecular weight is 437 g/mol. The molecule has 1 fully saturated rings. The van der Waals surface area contributed by atoms with Crippen molar-refractivity contribution in [1.29, 1.82) is 0 Å². The number of amides is 1. The summed E-state index contributed by atoms with van der Waals surface area (Å²) < 4.78 is 42.3. The van der Waals surface area contributed by atoms with Crippen LogP contribution in [0.3, 0.4) is 0 Å². The normalized spacial score (nSPS) is 14.8. The van der Waals surface area contributed by atoms with Crippen molar-refractivity contribution < 1.29 is 18.0 Å². The van der Waals surface area contributed by atoms with Crippen molar-refractivity contribution in [1.82, 2.24) is 24.6 Å². The highest BCUT2D eigenvalue weighted by atomic mass is 35.5. The Kier molecular flexibility index (Phi) is 5.33. The van der Waals surface area contributed by atoms with Crippen LogP contribution in [0.15, 0.2) is 48.9 Å². The fraction of sp³-hybridized carbons (Fsp3) is 0.263. The molecule has 1 aromatic carbocycles.